The monoisotopic (exact) mass is 744 g/mol. The van der Waals surface area contributed by atoms with E-state index in [2.05, 4.69) is 0 Å². The van der Waals surface area contributed by atoms with Gasteiger partial charge < -0.3 is 9.80 Å². The summed E-state index contributed by atoms with van der Waals surface area (Å²) in [6, 6.07) is -2.94. The molecule has 276 valence electrons. The third kappa shape index (κ3) is 6.63. The van der Waals surface area contributed by atoms with E-state index in [0.717, 1.165) is 9.80 Å². The average molecular weight is 746 g/mol. The van der Waals surface area contributed by atoms with Crippen LogP contribution in [0.15, 0.2) is 0 Å². The molecule has 4 saturated carbocycles. The minimum Gasteiger partial charge on any atom is -0.312 e. The van der Waals surface area contributed by atoms with Crippen LogP contribution in [0.2, 0.25) is 0 Å². The van der Waals surface area contributed by atoms with Crippen molar-refractivity contribution < 1.29 is 45.5 Å². The first-order valence-electron chi connectivity index (χ1n) is 17.7. The Balaban J connectivity index is 1.13. The zero-order valence-electron chi connectivity index (χ0n) is 27.3. The maximum absolute atomic E-state index is 15.1. The van der Waals surface area contributed by atoms with Crippen LogP contribution in [-0.4, -0.2) is 104 Å². The van der Waals surface area contributed by atoms with Gasteiger partial charge in [0.1, 0.15) is 13.1 Å². The lowest BCUT2D eigenvalue weighted by Crippen LogP contribution is -2.61. The minimum absolute atomic E-state index is 0.00411. The molecule has 0 aromatic rings. The normalized spacial score (nSPS) is 35.9. The molecule has 2 heterocycles. The lowest BCUT2D eigenvalue weighted by Gasteiger charge is -2.52. The van der Waals surface area contributed by atoms with E-state index in [-0.39, 0.29) is 61.6 Å². The van der Waals surface area contributed by atoms with Crippen molar-refractivity contribution in [2.24, 2.45) is 17.3 Å². The van der Waals surface area contributed by atoms with Crippen molar-refractivity contribution in [3.63, 3.8) is 0 Å². The fraction of sp³-hybridized carbons (Fsp3) is 0.879. The van der Waals surface area contributed by atoms with Gasteiger partial charge in [-0.25, -0.2) is 9.59 Å². The van der Waals surface area contributed by atoms with Crippen LogP contribution in [0.3, 0.4) is 0 Å². The predicted molar refractivity (Wildman–Crippen MR) is 168 cm³/mol. The lowest BCUT2D eigenvalue weighted by molar-refractivity contribution is -0.382. The number of urea groups is 2. The van der Waals surface area contributed by atoms with Crippen LogP contribution in [0.25, 0.3) is 0 Å². The molecule has 16 heteroatoms. The first-order valence-corrected chi connectivity index (χ1v) is 18.6. The van der Waals surface area contributed by atoms with Crippen molar-refractivity contribution in [1.29, 1.82) is 0 Å². The van der Waals surface area contributed by atoms with Crippen molar-refractivity contribution in [2.75, 3.05) is 13.1 Å². The maximum Gasteiger partial charge on any atom is 0.403 e. The zero-order chi connectivity index (χ0) is 35.5. The number of halogens is 8. The van der Waals surface area contributed by atoms with Crippen molar-refractivity contribution in [3.8, 4) is 0 Å². The number of hydrogen-bond donors (Lipinski definition) is 0. The van der Waals surface area contributed by atoms with E-state index in [9.17, 15) is 19.2 Å². The largest absolute Gasteiger partial charge is 0.403 e. The summed E-state index contributed by atoms with van der Waals surface area (Å²) in [4.78, 5) is 57.7. The molecule has 0 atom stereocenters. The standard InChI is InChI=1S/C33H44Cl2F6N4O4/c34-21-5-13-23(14-6-21)42-17-27(46)44(29(42)48)25-9-1-19(2-10-25)31(32(36,37)38,33(39,40)41)20-3-11-26(12-4-20)45-28(47)18-43(30(45)49)24-15-7-22(35)8-16-24/h19-26H,1-18H2. The number of alkyl halides is 8. The average Bonchev–Trinajstić information content (AvgIpc) is 3.50. The third-order valence-electron chi connectivity index (χ3n) is 12.5. The van der Waals surface area contributed by atoms with Crippen LogP contribution in [0, 0.1) is 17.3 Å². The molecule has 49 heavy (non-hydrogen) atoms. The van der Waals surface area contributed by atoms with Crippen LogP contribution in [0.4, 0.5) is 35.9 Å². The second-order valence-electron chi connectivity index (χ2n) is 15.0. The van der Waals surface area contributed by atoms with Gasteiger partial charge in [-0.3, -0.25) is 19.4 Å². The Hall–Kier alpha value is -1.96. The molecular formula is C33H44Cl2F6N4O4. The molecule has 6 rings (SSSR count). The highest BCUT2D eigenvalue weighted by Gasteiger charge is 2.76. The summed E-state index contributed by atoms with van der Waals surface area (Å²) in [5.41, 5.74) is -3.99. The van der Waals surface area contributed by atoms with Gasteiger partial charge >= 0.3 is 24.4 Å². The minimum atomic E-state index is -5.62. The van der Waals surface area contributed by atoms with Gasteiger partial charge in [-0.05, 0) is 115 Å². The van der Waals surface area contributed by atoms with Crippen LogP contribution >= 0.6 is 23.2 Å². The smallest absolute Gasteiger partial charge is 0.312 e. The number of imide groups is 2. The Kier molecular flexibility index (Phi) is 10.4. The van der Waals surface area contributed by atoms with Crippen LogP contribution in [0.1, 0.15) is 103 Å². The van der Waals surface area contributed by atoms with Gasteiger partial charge in [0.05, 0.1) is 0 Å². The Morgan fingerprint density at radius 3 is 1.02 bits per heavy atom. The predicted octanol–water partition coefficient (Wildman–Crippen LogP) is 7.84. The summed E-state index contributed by atoms with van der Waals surface area (Å²) < 4.78 is 90.4. The molecule has 4 aliphatic carbocycles. The molecule has 0 N–H and O–H groups in total. The SMILES string of the molecule is O=C1CN(C2CCC(Cl)CC2)C(=O)N1C1CCC(C(C2CCC(N3C(=O)CN(C4CCC(Cl)CC4)C3=O)CC2)(C(F)(F)F)C(F)(F)F)CC1. The molecule has 6 fully saturated rings. The number of carbonyl (C=O) groups excluding carboxylic acids is 4. The second-order valence-corrected chi connectivity index (χ2v) is 16.3. The summed E-state index contributed by atoms with van der Waals surface area (Å²) in [5.74, 6) is -4.55. The molecule has 0 aromatic carbocycles. The fourth-order valence-electron chi connectivity index (χ4n) is 10.1. The molecule has 6 amide bonds. The Bertz CT molecular complexity index is 1170. The second kappa shape index (κ2) is 13.9. The number of nitrogens with zero attached hydrogens (tertiary/aromatic N) is 4. The van der Waals surface area contributed by atoms with Crippen LogP contribution < -0.4 is 0 Å². The van der Waals surface area contributed by atoms with Gasteiger partial charge in [0, 0.05) is 34.9 Å². The molecule has 6 aliphatic rings. The van der Waals surface area contributed by atoms with Crippen molar-refractivity contribution in [2.45, 2.75) is 150 Å². The van der Waals surface area contributed by atoms with E-state index < -0.39 is 91.2 Å². The first kappa shape index (κ1) is 36.8. The van der Waals surface area contributed by atoms with Crippen molar-refractivity contribution in [3.05, 3.63) is 0 Å². The van der Waals surface area contributed by atoms with E-state index in [1.807, 2.05) is 0 Å². The Morgan fingerprint density at radius 2 is 0.735 bits per heavy atom. The zero-order valence-corrected chi connectivity index (χ0v) is 28.8. The summed E-state index contributed by atoms with van der Waals surface area (Å²) in [6.07, 6.45) is -8.33. The third-order valence-corrected chi connectivity index (χ3v) is 13.4. The summed E-state index contributed by atoms with van der Waals surface area (Å²) >= 11 is 12.4. The molecule has 8 nitrogen and oxygen atoms in total. The number of rotatable bonds is 6. The highest BCUT2D eigenvalue weighted by Crippen LogP contribution is 2.65. The number of amides is 6. The topological polar surface area (TPSA) is 81.2 Å². The van der Waals surface area contributed by atoms with Crippen molar-refractivity contribution >= 4 is 47.1 Å². The van der Waals surface area contributed by atoms with Crippen LogP contribution in [0.5, 0.6) is 0 Å². The molecule has 0 aromatic heterocycles. The number of hydrogen-bond acceptors (Lipinski definition) is 4. The van der Waals surface area contributed by atoms with Gasteiger partial charge in [0.25, 0.3) is 11.8 Å². The molecule has 2 saturated heterocycles. The highest BCUT2D eigenvalue weighted by molar-refractivity contribution is 6.20. The molecule has 0 radical (unpaired) electrons. The van der Waals surface area contributed by atoms with E-state index in [0.29, 0.717) is 51.4 Å². The summed E-state index contributed by atoms with van der Waals surface area (Å²) in [5, 5.41) is -0.00823. The number of carbonyl (C=O) groups is 4. The summed E-state index contributed by atoms with van der Waals surface area (Å²) in [6.45, 7) is -0.300. The van der Waals surface area contributed by atoms with Gasteiger partial charge in [-0.2, -0.15) is 26.3 Å². The molecule has 0 spiro atoms. The fourth-order valence-corrected chi connectivity index (χ4v) is 10.6. The van der Waals surface area contributed by atoms with Crippen LogP contribution in [-0.2, 0) is 9.59 Å². The van der Waals surface area contributed by atoms with E-state index in [1.54, 1.807) is 0 Å². The lowest BCUT2D eigenvalue weighted by atomic mass is 9.57. The van der Waals surface area contributed by atoms with Gasteiger partial charge in [0.15, 0.2) is 5.41 Å². The Labute approximate surface area is 292 Å². The van der Waals surface area contributed by atoms with Gasteiger partial charge in [-0.15, -0.1) is 23.2 Å². The van der Waals surface area contributed by atoms with Gasteiger partial charge in [0.2, 0.25) is 0 Å². The molecule has 0 unspecified atom stereocenters. The summed E-state index contributed by atoms with van der Waals surface area (Å²) in [7, 11) is 0. The quantitative estimate of drug-likeness (QED) is 0.158. The van der Waals surface area contributed by atoms with Crippen molar-refractivity contribution in [1.82, 2.24) is 19.6 Å². The van der Waals surface area contributed by atoms with E-state index >= 15 is 26.3 Å². The maximum atomic E-state index is 15.1. The Morgan fingerprint density at radius 1 is 0.449 bits per heavy atom. The van der Waals surface area contributed by atoms with Gasteiger partial charge in [-0.1, -0.05) is 0 Å². The molecule has 2 aliphatic heterocycles. The highest BCUT2D eigenvalue weighted by atomic mass is 35.5. The van der Waals surface area contributed by atoms with E-state index in [4.69, 9.17) is 23.2 Å². The van der Waals surface area contributed by atoms with E-state index in [1.165, 1.54) is 9.80 Å². The molecule has 0 bridgehead atoms. The molecular weight excluding hydrogens is 701 g/mol. The first-order chi connectivity index (χ1) is 23.0.